The van der Waals surface area contributed by atoms with Crippen LogP contribution in [0.4, 0.5) is 28.2 Å². The van der Waals surface area contributed by atoms with Crippen molar-refractivity contribution in [3.8, 4) is 0 Å². The first-order valence-electron chi connectivity index (χ1n) is 0. The van der Waals surface area contributed by atoms with Crippen LogP contribution >= 0.6 is 0 Å². The molecule has 0 heterocycles. The Morgan fingerprint density at radius 2 is 0.286 bits per heavy atom. The zero-order chi connectivity index (χ0) is 0. The van der Waals surface area contributed by atoms with Gasteiger partial charge in [0.15, 0.2) is 0 Å². The zero-order valence-corrected chi connectivity index (χ0v) is 5.45. The van der Waals surface area contributed by atoms with Crippen molar-refractivity contribution in [3.05, 3.63) is 0 Å². The van der Waals surface area contributed by atoms with Crippen molar-refractivity contribution in [2.45, 2.75) is 0 Å². The average Bonchev–Trinajstić information content (AvgIpc) is 0. The summed E-state index contributed by atoms with van der Waals surface area (Å²) in [7, 11) is 0. The Hall–Kier alpha value is 0.216. The number of rotatable bonds is 0. The molecule has 7 heteroatoms. The topological polar surface area (TPSA) is 0 Å². The maximum Gasteiger partial charge on any atom is 0 e. The van der Waals surface area contributed by atoms with Gasteiger partial charge < -0.3 is 0 Å². The van der Waals surface area contributed by atoms with Crippen LogP contribution in [-0.4, -0.2) is 19.8 Å². The van der Waals surface area contributed by atoms with Crippen molar-refractivity contribution in [1.29, 1.82) is 0 Å². The molecule has 7 heavy (non-hydrogen) atoms. The monoisotopic (exact) mass is 189 g/mol. The van der Waals surface area contributed by atoms with Crippen LogP contribution in [0.15, 0.2) is 0 Å². The van der Waals surface area contributed by atoms with Gasteiger partial charge in [-0.3, -0.25) is 28.2 Å². The number of hydrogen-bond donors (Lipinski definition) is 0. The molecule has 0 saturated heterocycles. The molecule has 0 aliphatic carbocycles. The molecule has 0 N–H and O–H groups in total. The minimum atomic E-state index is 0. The Kier molecular flexibility index (Phi) is 3070000. The second kappa shape index (κ2) is 3610. The molecule has 0 unspecified atom stereocenters. The van der Waals surface area contributed by atoms with Crippen LogP contribution in [0.3, 0.4) is 0 Å². The zero-order valence-electron chi connectivity index (χ0n) is 3.03. The summed E-state index contributed by atoms with van der Waals surface area (Å²) in [5, 5.41) is 0. The van der Waals surface area contributed by atoms with E-state index in [1.54, 1.807) is 0 Å². The standard InChI is InChI=1S/6FH.Ga/h6*1H;. The molecule has 51 valence electrons. The van der Waals surface area contributed by atoms with Crippen molar-refractivity contribution in [1.82, 2.24) is 0 Å². The fourth-order valence-corrected chi connectivity index (χ4v) is 0. The largest absolute Gasteiger partial charge is 0.269 e. The Morgan fingerprint density at radius 1 is 0.286 bits per heavy atom. The maximum absolute atomic E-state index is 0. The fourth-order valence-electron chi connectivity index (χ4n) is 0. The summed E-state index contributed by atoms with van der Waals surface area (Å²) in [6.45, 7) is 0. The molecule has 0 aromatic rings. The van der Waals surface area contributed by atoms with Crippen LogP contribution in [0.2, 0.25) is 0 Å². The molecular formula is H6F6Ga. The van der Waals surface area contributed by atoms with Gasteiger partial charge in [-0.2, -0.15) is 0 Å². The fraction of sp³-hybridized carbons (Fsp3) is 0. The number of hydrogen-bond acceptors (Lipinski definition) is 0. The summed E-state index contributed by atoms with van der Waals surface area (Å²) in [6, 6.07) is 0. The van der Waals surface area contributed by atoms with Crippen LogP contribution in [0.25, 0.3) is 0 Å². The molecule has 0 aliphatic rings. The summed E-state index contributed by atoms with van der Waals surface area (Å²) in [5.41, 5.74) is 0. The molecule has 0 aliphatic heterocycles. The van der Waals surface area contributed by atoms with Crippen molar-refractivity contribution >= 4 is 19.8 Å². The predicted octanol–water partition coefficient (Wildman–Crippen LogP) is 0.534. The summed E-state index contributed by atoms with van der Waals surface area (Å²) in [6.07, 6.45) is 0. The van der Waals surface area contributed by atoms with Crippen LogP contribution in [0.5, 0.6) is 0 Å². The Balaban J connectivity index is 0. The molecule has 0 fully saturated rings. The Labute approximate surface area is 48.9 Å². The average molecular weight is 190 g/mol. The van der Waals surface area contributed by atoms with E-state index in [2.05, 4.69) is 0 Å². The van der Waals surface area contributed by atoms with E-state index >= 15 is 0 Å². The second-order valence-corrected chi connectivity index (χ2v) is 0. The van der Waals surface area contributed by atoms with E-state index in [0.717, 1.165) is 0 Å². The van der Waals surface area contributed by atoms with E-state index in [-0.39, 0.29) is 48.0 Å². The Morgan fingerprint density at radius 3 is 0.286 bits per heavy atom. The van der Waals surface area contributed by atoms with Crippen LogP contribution in [0.1, 0.15) is 0 Å². The Bertz CT molecular complexity index is 4.14. The van der Waals surface area contributed by atoms with Gasteiger partial charge >= 0.3 is 0 Å². The summed E-state index contributed by atoms with van der Waals surface area (Å²) < 4.78 is 0. The molecule has 0 rings (SSSR count). The van der Waals surface area contributed by atoms with E-state index in [1.165, 1.54) is 0 Å². The molecule has 0 saturated carbocycles. The van der Waals surface area contributed by atoms with Gasteiger partial charge in [0.25, 0.3) is 0 Å². The first-order chi connectivity index (χ1) is 0. The summed E-state index contributed by atoms with van der Waals surface area (Å²) in [5.74, 6) is 0. The summed E-state index contributed by atoms with van der Waals surface area (Å²) in [4.78, 5) is 0. The van der Waals surface area contributed by atoms with E-state index in [0.29, 0.717) is 0 Å². The molecule has 3 radical (unpaired) electrons. The van der Waals surface area contributed by atoms with Crippen molar-refractivity contribution < 1.29 is 28.2 Å². The quantitative estimate of drug-likeness (QED) is 0.386. The molecule has 0 amide bonds. The van der Waals surface area contributed by atoms with Crippen molar-refractivity contribution in [3.63, 3.8) is 0 Å². The molecule has 0 aromatic carbocycles. The second-order valence-electron chi connectivity index (χ2n) is 0. The molecule has 0 spiro atoms. The van der Waals surface area contributed by atoms with Gasteiger partial charge in [-0.1, -0.05) is 0 Å². The van der Waals surface area contributed by atoms with Gasteiger partial charge in [0.05, 0.1) is 0 Å². The van der Waals surface area contributed by atoms with Gasteiger partial charge in [-0.05, 0) is 0 Å². The minimum Gasteiger partial charge on any atom is -0.269 e. The van der Waals surface area contributed by atoms with Gasteiger partial charge in [0.2, 0.25) is 0 Å². The van der Waals surface area contributed by atoms with Crippen molar-refractivity contribution in [2.24, 2.45) is 0 Å². The first kappa shape index (κ1) is 5960. The van der Waals surface area contributed by atoms with Gasteiger partial charge in [-0.15, -0.1) is 0 Å². The van der Waals surface area contributed by atoms with E-state index in [1.807, 2.05) is 0 Å². The maximum atomic E-state index is 0. The number of halogens is 6. The summed E-state index contributed by atoms with van der Waals surface area (Å²) >= 11 is 0. The smallest absolute Gasteiger partial charge is 0 e. The van der Waals surface area contributed by atoms with E-state index < -0.39 is 0 Å². The van der Waals surface area contributed by atoms with Gasteiger partial charge in [-0.25, -0.2) is 0 Å². The molecule has 0 atom stereocenters. The molecule has 0 nitrogen and oxygen atoms in total. The van der Waals surface area contributed by atoms with Gasteiger partial charge in [0.1, 0.15) is 0 Å². The van der Waals surface area contributed by atoms with Crippen LogP contribution in [0, 0.1) is 0 Å². The van der Waals surface area contributed by atoms with Crippen molar-refractivity contribution in [2.75, 3.05) is 0 Å². The molecular weight excluding hydrogens is 184 g/mol. The minimum absolute atomic E-state index is 0. The van der Waals surface area contributed by atoms with E-state index in [4.69, 9.17) is 0 Å². The third-order valence-corrected chi connectivity index (χ3v) is 0. The predicted molar refractivity (Wildman–Crippen MR) is 20.8 cm³/mol. The third-order valence-electron chi connectivity index (χ3n) is 0. The van der Waals surface area contributed by atoms with E-state index in [9.17, 15) is 0 Å². The van der Waals surface area contributed by atoms with Crippen LogP contribution < -0.4 is 0 Å². The van der Waals surface area contributed by atoms with Gasteiger partial charge in [0, 0.05) is 19.8 Å². The van der Waals surface area contributed by atoms with Crippen LogP contribution in [-0.2, 0) is 0 Å². The third kappa shape index (κ3) is 2360. The molecule has 0 bridgehead atoms. The molecule has 0 aromatic heterocycles. The first-order valence-corrected chi connectivity index (χ1v) is 0. The SMILES string of the molecule is F.F.F.F.F.F.[Ga]. The normalized spacial score (nSPS) is 0.